The van der Waals surface area contributed by atoms with E-state index in [2.05, 4.69) is 67.8 Å². The molecule has 0 saturated carbocycles. The summed E-state index contributed by atoms with van der Waals surface area (Å²) in [6, 6.07) is -0.647. The van der Waals surface area contributed by atoms with Crippen molar-refractivity contribution >= 4 is 5.91 Å². The van der Waals surface area contributed by atoms with Crippen LogP contribution < -0.4 is 5.32 Å². The van der Waals surface area contributed by atoms with Gasteiger partial charge in [0, 0.05) is 6.42 Å². The van der Waals surface area contributed by atoms with Gasteiger partial charge in [0.15, 0.2) is 0 Å². The van der Waals surface area contributed by atoms with Gasteiger partial charge in [-0.25, -0.2) is 0 Å². The van der Waals surface area contributed by atoms with Gasteiger partial charge < -0.3 is 15.5 Å². The van der Waals surface area contributed by atoms with Crippen molar-refractivity contribution in [1.29, 1.82) is 0 Å². The molecule has 4 nitrogen and oxygen atoms in total. The molecule has 0 bridgehead atoms. The molecule has 338 valence electrons. The SMILES string of the molecule is CCCCCCC/C=C\C/C=C\CCCCCCCCCCCCCCCCCC(=O)NC(CO)C(O)/C=C/CC/C=C/CC/C=C/CCCCCCCCCCC. The summed E-state index contributed by atoms with van der Waals surface area (Å²) in [5, 5.41) is 23.1. The third kappa shape index (κ3) is 45.2. The first-order valence-electron chi connectivity index (χ1n) is 25.5. The largest absolute Gasteiger partial charge is 0.394 e. The third-order valence-corrected chi connectivity index (χ3v) is 11.5. The van der Waals surface area contributed by atoms with E-state index in [4.69, 9.17) is 0 Å². The lowest BCUT2D eigenvalue weighted by Crippen LogP contribution is -2.45. The number of carbonyl (C=O) groups is 1. The van der Waals surface area contributed by atoms with Crippen LogP contribution in [0.4, 0.5) is 0 Å². The number of aliphatic hydroxyl groups excluding tert-OH is 2. The fourth-order valence-corrected chi connectivity index (χ4v) is 7.54. The molecule has 0 aliphatic heterocycles. The van der Waals surface area contributed by atoms with Crippen molar-refractivity contribution in [1.82, 2.24) is 5.32 Å². The number of carbonyl (C=O) groups excluding carboxylic acids is 1. The average Bonchev–Trinajstić information content (AvgIpc) is 3.23. The molecule has 0 radical (unpaired) electrons. The molecule has 3 N–H and O–H groups in total. The molecule has 1 amide bonds. The Bertz CT molecular complexity index is 965. The molecule has 4 heteroatoms. The van der Waals surface area contributed by atoms with Crippen LogP contribution in [0.25, 0.3) is 0 Å². The Kier molecular flexibility index (Phi) is 47.8. The maximum atomic E-state index is 12.4. The van der Waals surface area contributed by atoms with Gasteiger partial charge in [0.1, 0.15) is 0 Å². The van der Waals surface area contributed by atoms with E-state index in [1.165, 1.54) is 193 Å². The van der Waals surface area contributed by atoms with Crippen molar-refractivity contribution in [3.8, 4) is 0 Å². The van der Waals surface area contributed by atoms with E-state index < -0.39 is 12.1 Å². The Morgan fingerprint density at radius 3 is 1.10 bits per heavy atom. The predicted octanol–water partition coefficient (Wildman–Crippen LogP) is 16.5. The molecule has 2 unspecified atom stereocenters. The molecule has 0 aliphatic carbocycles. The molecule has 0 rings (SSSR count). The Hall–Kier alpha value is -1.91. The molecule has 0 aromatic rings. The zero-order valence-corrected chi connectivity index (χ0v) is 38.8. The number of aliphatic hydroxyl groups is 2. The minimum Gasteiger partial charge on any atom is -0.394 e. The van der Waals surface area contributed by atoms with Crippen LogP contribution in [0.2, 0.25) is 0 Å². The Morgan fingerprint density at radius 2 is 0.724 bits per heavy atom. The minimum atomic E-state index is -0.871. The topological polar surface area (TPSA) is 69.6 Å². The second-order valence-corrected chi connectivity index (χ2v) is 17.2. The summed E-state index contributed by atoms with van der Waals surface area (Å²) in [6.07, 6.45) is 69.3. The number of nitrogens with one attached hydrogen (secondary N) is 1. The number of hydrogen-bond donors (Lipinski definition) is 3. The van der Waals surface area contributed by atoms with E-state index in [0.29, 0.717) is 6.42 Å². The summed E-state index contributed by atoms with van der Waals surface area (Å²) in [7, 11) is 0. The van der Waals surface area contributed by atoms with Crippen LogP contribution in [0.3, 0.4) is 0 Å². The lowest BCUT2D eigenvalue weighted by Gasteiger charge is -2.19. The van der Waals surface area contributed by atoms with E-state index in [1.807, 2.05) is 6.08 Å². The highest BCUT2D eigenvalue weighted by Gasteiger charge is 2.17. The summed E-state index contributed by atoms with van der Waals surface area (Å²) in [6.45, 7) is 4.29. The van der Waals surface area contributed by atoms with Crippen LogP contribution in [0, 0.1) is 0 Å². The quantitative estimate of drug-likeness (QED) is 0.0424. The van der Waals surface area contributed by atoms with Gasteiger partial charge in [-0.05, 0) is 77.0 Å². The first-order chi connectivity index (χ1) is 28.7. The van der Waals surface area contributed by atoms with Crippen LogP contribution in [0.15, 0.2) is 60.8 Å². The predicted molar refractivity (Wildman–Crippen MR) is 258 cm³/mol. The molecule has 0 spiro atoms. The number of hydrogen-bond acceptors (Lipinski definition) is 3. The summed E-state index contributed by atoms with van der Waals surface area (Å²) in [5.74, 6) is -0.0775. The summed E-state index contributed by atoms with van der Waals surface area (Å²) in [5.41, 5.74) is 0. The maximum Gasteiger partial charge on any atom is 0.220 e. The number of allylic oxidation sites excluding steroid dienone is 9. The minimum absolute atomic E-state index is 0.0775. The van der Waals surface area contributed by atoms with Gasteiger partial charge in [0.2, 0.25) is 5.91 Å². The zero-order valence-electron chi connectivity index (χ0n) is 38.8. The second kappa shape index (κ2) is 49.5. The van der Waals surface area contributed by atoms with Crippen molar-refractivity contribution in [3.05, 3.63) is 60.8 Å². The second-order valence-electron chi connectivity index (χ2n) is 17.2. The van der Waals surface area contributed by atoms with Crippen LogP contribution in [0.5, 0.6) is 0 Å². The molecular formula is C54H99NO3. The van der Waals surface area contributed by atoms with Gasteiger partial charge in [-0.3, -0.25) is 4.79 Å². The van der Waals surface area contributed by atoms with Crippen molar-refractivity contribution in [2.24, 2.45) is 0 Å². The highest BCUT2D eigenvalue weighted by Crippen LogP contribution is 2.15. The first-order valence-corrected chi connectivity index (χ1v) is 25.5. The molecule has 0 aliphatic rings. The van der Waals surface area contributed by atoms with Crippen LogP contribution >= 0.6 is 0 Å². The molecule has 0 saturated heterocycles. The zero-order chi connectivity index (χ0) is 42.1. The first kappa shape index (κ1) is 56.1. The van der Waals surface area contributed by atoms with E-state index in [1.54, 1.807) is 6.08 Å². The standard InChI is InChI=1S/C54H99NO3/c1-3-5-7-9-11-13-15-17-19-21-23-24-25-26-27-28-29-30-32-34-36-38-40-42-44-46-48-50-54(58)55-52(51-56)53(57)49-47-45-43-41-39-37-35-33-31-22-20-18-16-14-12-10-8-6-4-2/h15,17,21,23,31,33,39,41,47,49,52-53,56-57H,3-14,16,18-20,22,24-30,32,34-38,40,42-46,48,50-51H2,1-2H3,(H,55,58)/b17-15-,23-21-,33-31+,41-39+,49-47+. The molecule has 0 heterocycles. The highest BCUT2D eigenvalue weighted by molar-refractivity contribution is 5.76. The molecule has 0 fully saturated rings. The van der Waals surface area contributed by atoms with Gasteiger partial charge in [0.25, 0.3) is 0 Å². The molecular weight excluding hydrogens is 711 g/mol. The maximum absolute atomic E-state index is 12.4. The van der Waals surface area contributed by atoms with Gasteiger partial charge in [0.05, 0.1) is 18.8 Å². The molecule has 0 aromatic heterocycles. The van der Waals surface area contributed by atoms with Crippen LogP contribution in [0.1, 0.15) is 258 Å². The Balaban J connectivity index is 3.57. The summed E-state index contributed by atoms with van der Waals surface area (Å²) < 4.78 is 0. The number of unbranched alkanes of at least 4 members (excludes halogenated alkanes) is 31. The van der Waals surface area contributed by atoms with E-state index in [0.717, 1.165) is 44.9 Å². The Labute approximate surface area is 362 Å². The fourth-order valence-electron chi connectivity index (χ4n) is 7.54. The average molecular weight is 810 g/mol. The van der Waals surface area contributed by atoms with Crippen LogP contribution in [-0.2, 0) is 4.79 Å². The van der Waals surface area contributed by atoms with E-state index in [-0.39, 0.29) is 12.5 Å². The highest BCUT2D eigenvalue weighted by atomic mass is 16.3. The smallest absolute Gasteiger partial charge is 0.220 e. The fraction of sp³-hybridized carbons (Fsp3) is 0.796. The molecule has 2 atom stereocenters. The lowest BCUT2D eigenvalue weighted by atomic mass is 10.0. The molecule has 58 heavy (non-hydrogen) atoms. The summed E-state index contributed by atoms with van der Waals surface area (Å²) >= 11 is 0. The molecule has 0 aromatic carbocycles. The summed E-state index contributed by atoms with van der Waals surface area (Å²) in [4.78, 5) is 12.4. The van der Waals surface area contributed by atoms with Crippen LogP contribution in [-0.4, -0.2) is 34.9 Å². The third-order valence-electron chi connectivity index (χ3n) is 11.5. The van der Waals surface area contributed by atoms with E-state index >= 15 is 0 Å². The van der Waals surface area contributed by atoms with Crippen molar-refractivity contribution in [2.45, 2.75) is 270 Å². The monoisotopic (exact) mass is 810 g/mol. The lowest BCUT2D eigenvalue weighted by molar-refractivity contribution is -0.123. The van der Waals surface area contributed by atoms with Crippen molar-refractivity contribution in [2.75, 3.05) is 6.61 Å². The number of rotatable bonds is 46. The van der Waals surface area contributed by atoms with Gasteiger partial charge in [-0.2, -0.15) is 0 Å². The number of amides is 1. The van der Waals surface area contributed by atoms with Crippen molar-refractivity contribution < 1.29 is 15.0 Å². The van der Waals surface area contributed by atoms with Gasteiger partial charge in [-0.15, -0.1) is 0 Å². The normalized spacial score (nSPS) is 13.4. The van der Waals surface area contributed by atoms with Crippen molar-refractivity contribution in [3.63, 3.8) is 0 Å². The van der Waals surface area contributed by atoms with Gasteiger partial charge >= 0.3 is 0 Å². The van der Waals surface area contributed by atoms with Gasteiger partial charge in [-0.1, -0.05) is 235 Å². The van der Waals surface area contributed by atoms with E-state index in [9.17, 15) is 15.0 Å². The Morgan fingerprint density at radius 1 is 0.414 bits per heavy atom.